The Balaban J connectivity index is 1.19. The summed E-state index contributed by atoms with van der Waals surface area (Å²) in [5.41, 5.74) is 3.13. The number of halogens is 3. The first kappa shape index (κ1) is 31.8. The second-order valence-corrected chi connectivity index (χ2v) is 12.6. The van der Waals surface area contributed by atoms with Crippen LogP contribution in [0.15, 0.2) is 48.8 Å². The number of piperazine rings is 1. The summed E-state index contributed by atoms with van der Waals surface area (Å²) < 4.78 is 48.7. The van der Waals surface area contributed by atoms with Crippen molar-refractivity contribution in [1.82, 2.24) is 29.7 Å². The Morgan fingerprint density at radius 2 is 1.89 bits per heavy atom. The molecular weight excluding hydrogens is 595 g/mol. The fraction of sp³-hybridized carbons (Fsp3) is 0.441. The number of nitrogens with one attached hydrogen (secondary N) is 2. The normalized spacial score (nSPS) is 17.8. The van der Waals surface area contributed by atoms with Crippen molar-refractivity contribution in [2.45, 2.75) is 58.3 Å². The second kappa shape index (κ2) is 12.9. The Bertz CT molecular complexity index is 1710. The Labute approximate surface area is 266 Å². The molecule has 1 saturated heterocycles. The van der Waals surface area contributed by atoms with Crippen LogP contribution < -0.4 is 10.1 Å². The molecule has 1 fully saturated rings. The number of hydrogen-bond donors (Lipinski definition) is 2. The van der Waals surface area contributed by atoms with E-state index in [1.54, 1.807) is 29.4 Å². The van der Waals surface area contributed by atoms with Gasteiger partial charge in [0.1, 0.15) is 17.1 Å². The van der Waals surface area contributed by atoms with E-state index in [4.69, 9.17) is 9.72 Å². The van der Waals surface area contributed by atoms with Crippen molar-refractivity contribution in [1.29, 1.82) is 0 Å². The van der Waals surface area contributed by atoms with Crippen LogP contribution in [0.2, 0.25) is 0 Å². The van der Waals surface area contributed by atoms with Gasteiger partial charge in [-0.1, -0.05) is 26.8 Å². The number of benzene rings is 1. The number of aromatic amines is 1. The molecule has 2 N–H and O–H groups in total. The van der Waals surface area contributed by atoms with Gasteiger partial charge in [0, 0.05) is 69.3 Å². The number of ether oxygens (including phenoxy) is 1. The highest BCUT2D eigenvalue weighted by Crippen LogP contribution is 2.37. The second-order valence-electron chi connectivity index (χ2n) is 12.6. The largest absolute Gasteiger partial charge is 0.455 e. The van der Waals surface area contributed by atoms with Crippen LogP contribution in [0.3, 0.4) is 0 Å². The van der Waals surface area contributed by atoms with Crippen LogP contribution in [0.25, 0.3) is 11.0 Å². The number of anilines is 1. The molecule has 6 rings (SSSR count). The van der Waals surface area contributed by atoms with Gasteiger partial charge in [-0.25, -0.2) is 9.78 Å². The minimum absolute atomic E-state index is 0.0221. The molecule has 0 aliphatic carbocycles. The van der Waals surface area contributed by atoms with E-state index in [9.17, 15) is 18.0 Å². The number of alkyl halides is 3. The summed E-state index contributed by atoms with van der Waals surface area (Å²) in [6.45, 7) is 10.2. The minimum atomic E-state index is -4.54. The first-order valence-corrected chi connectivity index (χ1v) is 15.8. The summed E-state index contributed by atoms with van der Waals surface area (Å²) in [5.74, 6) is 1.45. The van der Waals surface area contributed by atoms with Gasteiger partial charge >= 0.3 is 12.2 Å². The molecule has 2 amide bonds. The fourth-order valence-corrected chi connectivity index (χ4v) is 6.20. The van der Waals surface area contributed by atoms with Crippen LogP contribution >= 0.6 is 0 Å². The van der Waals surface area contributed by atoms with Crippen molar-refractivity contribution in [2.75, 3.05) is 45.1 Å². The van der Waals surface area contributed by atoms with Crippen LogP contribution in [-0.2, 0) is 19.3 Å². The zero-order valence-electron chi connectivity index (χ0n) is 26.6. The van der Waals surface area contributed by atoms with Gasteiger partial charge in [0.2, 0.25) is 0 Å². The smallest absolute Gasteiger partial charge is 0.416 e. The maximum atomic E-state index is 14.1. The van der Waals surface area contributed by atoms with Gasteiger partial charge in [0.05, 0.1) is 22.8 Å². The van der Waals surface area contributed by atoms with E-state index in [0.717, 1.165) is 53.6 Å². The van der Waals surface area contributed by atoms with Crippen molar-refractivity contribution in [3.63, 3.8) is 0 Å². The predicted molar refractivity (Wildman–Crippen MR) is 171 cm³/mol. The summed E-state index contributed by atoms with van der Waals surface area (Å²) in [6.07, 6.45) is -0.414. The van der Waals surface area contributed by atoms with Crippen molar-refractivity contribution in [3.8, 4) is 11.5 Å². The molecule has 5 heterocycles. The number of urea groups is 1. The number of fused-ring (bicyclic) bond motifs is 2. The van der Waals surface area contributed by atoms with Crippen molar-refractivity contribution < 1.29 is 22.7 Å². The number of hydrogen-bond acceptors (Lipinski definition) is 6. The molecule has 0 spiro atoms. The summed E-state index contributed by atoms with van der Waals surface area (Å²) in [7, 11) is 2.01. The lowest BCUT2D eigenvalue weighted by Gasteiger charge is -2.34. The van der Waals surface area contributed by atoms with Gasteiger partial charge in [-0.05, 0) is 60.8 Å². The molecule has 0 bridgehead atoms. The van der Waals surface area contributed by atoms with Gasteiger partial charge < -0.3 is 24.8 Å². The Morgan fingerprint density at radius 3 is 2.61 bits per heavy atom. The number of rotatable bonds is 7. The Morgan fingerprint density at radius 1 is 1.11 bits per heavy atom. The third-order valence-electron chi connectivity index (χ3n) is 8.96. The van der Waals surface area contributed by atoms with E-state index in [-0.39, 0.29) is 30.3 Å². The number of amides is 2. The van der Waals surface area contributed by atoms with E-state index in [0.29, 0.717) is 37.1 Å². The van der Waals surface area contributed by atoms with Gasteiger partial charge in [0.15, 0.2) is 0 Å². The number of likely N-dealkylation sites (N-methyl/N-ethyl adjacent to an activating group) is 1. The van der Waals surface area contributed by atoms with Gasteiger partial charge in [-0.3, -0.25) is 9.88 Å². The maximum Gasteiger partial charge on any atom is 0.416 e. The molecule has 3 aromatic heterocycles. The summed E-state index contributed by atoms with van der Waals surface area (Å²) >= 11 is 0. The topological polar surface area (TPSA) is 89.6 Å². The highest BCUT2D eigenvalue weighted by atomic mass is 19.4. The Kier molecular flexibility index (Phi) is 8.93. The van der Waals surface area contributed by atoms with Crippen LogP contribution in [0.5, 0.6) is 11.5 Å². The van der Waals surface area contributed by atoms with Gasteiger partial charge in [-0.2, -0.15) is 13.2 Å². The highest BCUT2D eigenvalue weighted by Gasteiger charge is 2.35. The maximum absolute atomic E-state index is 14.1. The lowest BCUT2D eigenvalue weighted by molar-refractivity contribution is -0.138. The number of aromatic nitrogens is 3. The molecule has 46 heavy (non-hydrogen) atoms. The molecule has 2 aliphatic rings. The van der Waals surface area contributed by atoms with Crippen molar-refractivity contribution in [3.05, 3.63) is 76.9 Å². The third-order valence-corrected chi connectivity index (χ3v) is 8.96. The first-order chi connectivity index (χ1) is 22.0. The average Bonchev–Trinajstić information content (AvgIpc) is 3.48. The molecule has 1 atom stereocenters. The van der Waals surface area contributed by atoms with Gasteiger partial charge in [0.25, 0.3) is 0 Å². The molecule has 12 heteroatoms. The van der Waals surface area contributed by atoms with Crippen molar-refractivity contribution >= 4 is 22.8 Å². The van der Waals surface area contributed by atoms with Crippen molar-refractivity contribution in [2.24, 2.45) is 0 Å². The molecule has 0 unspecified atom stereocenters. The van der Waals surface area contributed by atoms with E-state index in [1.807, 2.05) is 31.0 Å². The molecule has 0 radical (unpaired) electrons. The summed E-state index contributed by atoms with van der Waals surface area (Å²) in [6, 6.07) is 9.36. The quantitative estimate of drug-likeness (QED) is 0.224. The van der Waals surface area contributed by atoms with E-state index in [2.05, 4.69) is 34.0 Å². The zero-order valence-corrected chi connectivity index (χ0v) is 26.6. The number of pyridine rings is 2. The van der Waals surface area contributed by atoms with E-state index >= 15 is 0 Å². The zero-order chi connectivity index (χ0) is 32.6. The van der Waals surface area contributed by atoms with Crippen LogP contribution in [0.4, 0.5) is 23.7 Å². The lowest BCUT2D eigenvalue weighted by atomic mass is 9.92. The summed E-state index contributed by atoms with van der Waals surface area (Å²) in [4.78, 5) is 31.8. The first-order valence-electron chi connectivity index (χ1n) is 15.8. The standard InChI is InChI=1S/C34H40F3N7O2/c1-5-22-19-44(33(45)40-25-7-6-23(28(15-25)34(35,36)37)18-43-12-10-42(4)11-13-43)20-24-14-26(17-39-31(22)24)46-30-8-9-38-32-27(30)16-29(41-32)21(2)3/h6-9,14-17,21-22H,5,10-13,18-20H2,1-4H3,(H,38,41)(H,40,45)/t22-/m0/s1. The van der Waals surface area contributed by atoms with Crippen LogP contribution in [0.1, 0.15) is 67.1 Å². The monoisotopic (exact) mass is 635 g/mol. The Hall–Kier alpha value is -4.16. The number of nitrogens with zero attached hydrogens (tertiary/aromatic N) is 5. The molecular formula is C34H40F3N7O2. The fourth-order valence-electron chi connectivity index (χ4n) is 6.20. The van der Waals surface area contributed by atoms with Gasteiger partial charge in [-0.15, -0.1) is 0 Å². The molecule has 9 nitrogen and oxygen atoms in total. The average molecular weight is 636 g/mol. The van der Waals surface area contributed by atoms with E-state index < -0.39 is 17.8 Å². The van der Waals surface area contributed by atoms with Crippen LogP contribution in [0, 0.1) is 0 Å². The SMILES string of the molecule is CC[C@H]1CN(C(=O)Nc2ccc(CN3CCN(C)CC3)c(C(F)(F)F)c2)Cc2cc(Oc3ccnc4[nH]c(C(C)C)cc34)cnc21. The molecule has 2 aliphatic heterocycles. The van der Waals surface area contributed by atoms with E-state index in [1.165, 1.54) is 6.07 Å². The minimum Gasteiger partial charge on any atom is -0.455 e. The molecule has 1 aromatic carbocycles. The third kappa shape index (κ3) is 6.82. The molecule has 4 aromatic rings. The van der Waals surface area contributed by atoms with Crippen LogP contribution in [-0.4, -0.2) is 75.5 Å². The summed E-state index contributed by atoms with van der Waals surface area (Å²) in [5, 5.41) is 3.59. The number of carbonyl (C=O) groups excluding carboxylic acids is 1. The number of H-pyrrole nitrogens is 1. The highest BCUT2D eigenvalue weighted by molar-refractivity contribution is 5.89. The lowest BCUT2D eigenvalue weighted by Crippen LogP contribution is -2.44. The number of carbonyl (C=O) groups is 1. The molecule has 244 valence electrons. The predicted octanol–water partition coefficient (Wildman–Crippen LogP) is 7.18. The molecule has 0 saturated carbocycles.